The second-order valence-corrected chi connectivity index (χ2v) is 3.35. The third kappa shape index (κ3) is 10.7. The Bertz CT molecular complexity index is 420. The van der Waals surface area contributed by atoms with E-state index in [1.165, 1.54) is 0 Å². The molecule has 0 unspecified atom stereocenters. The Morgan fingerprint density at radius 1 is 1.26 bits per heavy atom. The molecule has 1 rings (SSSR count). The molecule has 0 radical (unpaired) electrons. The molecule has 0 aliphatic rings. The third-order valence-corrected chi connectivity index (χ3v) is 1.65. The Morgan fingerprint density at radius 2 is 1.84 bits per heavy atom. The molecule has 1 aromatic heterocycles. The van der Waals surface area contributed by atoms with Crippen LogP contribution >= 0.6 is 11.6 Å². The summed E-state index contributed by atoms with van der Waals surface area (Å²) in [6, 6.07) is 3.43. The smallest absolute Gasteiger partial charge is 0.328 e. The van der Waals surface area contributed by atoms with Crippen LogP contribution in [0.5, 0.6) is 0 Å². The maximum absolute atomic E-state index is 9.55. The van der Waals surface area contributed by atoms with E-state index in [1.807, 2.05) is 0 Å². The van der Waals surface area contributed by atoms with Crippen molar-refractivity contribution in [2.24, 2.45) is 5.73 Å². The predicted octanol–water partition coefficient (Wildman–Crippen LogP) is 0.212. The van der Waals surface area contributed by atoms with Gasteiger partial charge in [-0.3, -0.25) is 0 Å². The topological polar surface area (TPSA) is 138 Å². The van der Waals surface area contributed by atoms with E-state index in [0.29, 0.717) is 36.2 Å². The lowest BCUT2D eigenvalue weighted by molar-refractivity contribution is -0.134. The highest BCUT2D eigenvalue weighted by molar-refractivity contribution is 6.29. The number of nitrogens with one attached hydrogen (secondary N) is 1. The normalized spacial score (nSPS) is 9.58. The van der Waals surface area contributed by atoms with E-state index in [1.54, 1.807) is 12.1 Å². The van der Waals surface area contributed by atoms with Gasteiger partial charge in [-0.1, -0.05) is 11.6 Å². The fraction of sp³-hybridized carbons (Fsp3) is 0.200. The highest BCUT2D eigenvalue weighted by atomic mass is 35.5. The highest BCUT2D eigenvalue weighted by Gasteiger charge is 1.92. The minimum absolute atomic E-state index is 0.392. The van der Waals surface area contributed by atoms with Crippen LogP contribution in [0.25, 0.3) is 0 Å². The van der Waals surface area contributed by atoms with Crippen LogP contribution in [-0.4, -0.2) is 45.4 Å². The summed E-state index contributed by atoms with van der Waals surface area (Å²) in [5, 5.41) is 26.4. The number of carbonyl (C=O) groups is 2. The standard InChI is InChI=1S/C6H9ClN4.C4H4O4/c7-5-1-2-6(11-10-5)9-4-3-8;5-3(6)1-2-4(7)8/h1-2H,3-4,8H2,(H,9,11);1-2H,(H,5,6)(H,7,8)/b;2-1+. The molecule has 1 heterocycles. The first-order chi connectivity index (χ1) is 8.95. The maximum atomic E-state index is 9.55. The molecule has 8 nitrogen and oxygen atoms in total. The van der Waals surface area contributed by atoms with Gasteiger partial charge in [0.15, 0.2) is 5.15 Å². The molecule has 0 fully saturated rings. The maximum Gasteiger partial charge on any atom is 0.328 e. The Kier molecular flexibility index (Phi) is 8.67. The van der Waals surface area contributed by atoms with Crippen LogP contribution in [0.2, 0.25) is 5.15 Å². The number of aliphatic carboxylic acids is 2. The molecule has 0 saturated heterocycles. The first-order valence-electron chi connectivity index (χ1n) is 5.02. The summed E-state index contributed by atoms with van der Waals surface area (Å²) < 4.78 is 0. The molecular weight excluding hydrogens is 276 g/mol. The first-order valence-corrected chi connectivity index (χ1v) is 5.40. The van der Waals surface area contributed by atoms with Gasteiger partial charge in [-0.05, 0) is 12.1 Å². The molecule has 0 bridgehead atoms. The van der Waals surface area contributed by atoms with Crippen LogP contribution < -0.4 is 11.1 Å². The van der Waals surface area contributed by atoms with Gasteiger partial charge in [0.2, 0.25) is 0 Å². The van der Waals surface area contributed by atoms with Gasteiger partial charge in [0.05, 0.1) is 0 Å². The number of rotatable bonds is 5. The first kappa shape index (κ1) is 16.8. The van der Waals surface area contributed by atoms with E-state index >= 15 is 0 Å². The van der Waals surface area contributed by atoms with E-state index in [9.17, 15) is 9.59 Å². The van der Waals surface area contributed by atoms with Crippen LogP contribution in [0.4, 0.5) is 5.82 Å². The number of anilines is 1. The van der Waals surface area contributed by atoms with Crippen molar-refractivity contribution in [2.45, 2.75) is 0 Å². The van der Waals surface area contributed by atoms with Crippen LogP contribution in [0.15, 0.2) is 24.3 Å². The zero-order chi connectivity index (χ0) is 14.7. The van der Waals surface area contributed by atoms with E-state index in [0.717, 1.165) is 0 Å². The molecule has 0 aliphatic heterocycles. The van der Waals surface area contributed by atoms with Crippen LogP contribution in [-0.2, 0) is 9.59 Å². The molecular formula is C10H13ClN4O4. The van der Waals surface area contributed by atoms with E-state index < -0.39 is 11.9 Å². The molecule has 19 heavy (non-hydrogen) atoms. The molecule has 1 aromatic rings. The third-order valence-electron chi connectivity index (χ3n) is 1.45. The van der Waals surface area contributed by atoms with Crippen molar-refractivity contribution < 1.29 is 19.8 Å². The van der Waals surface area contributed by atoms with Crippen molar-refractivity contribution >= 4 is 29.4 Å². The monoisotopic (exact) mass is 288 g/mol. The predicted molar refractivity (Wildman–Crippen MR) is 69.0 cm³/mol. The number of hydrogen-bond donors (Lipinski definition) is 4. The lowest BCUT2D eigenvalue weighted by atomic mass is 10.5. The van der Waals surface area contributed by atoms with Crippen LogP contribution in [0, 0.1) is 0 Å². The number of carboxylic acid groups (broad SMARTS) is 2. The van der Waals surface area contributed by atoms with Gasteiger partial charge in [0.1, 0.15) is 5.82 Å². The molecule has 5 N–H and O–H groups in total. The zero-order valence-corrected chi connectivity index (χ0v) is 10.5. The molecule has 0 aliphatic carbocycles. The number of nitrogens with zero attached hydrogens (tertiary/aromatic N) is 2. The van der Waals surface area contributed by atoms with Crippen molar-refractivity contribution in [3.8, 4) is 0 Å². The van der Waals surface area contributed by atoms with Crippen LogP contribution in [0.1, 0.15) is 0 Å². The molecule has 0 amide bonds. The van der Waals surface area contributed by atoms with E-state index in [2.05, 4.69) is 15.5 Å². The molecule has 0 spiro atoms. The Morgan fingerprint density at radius 3 is 2.21 bits per heavy atom. The van der Waals surface area contributed by atoms with Gasteiger partial charge in [-0.15, -0.1) is 10.2 Å². The number of hydrogen-bond acceptors (Lipinski definition) is 6. The number of aromatic nitrogens is 2. The zero-order valence-electron chi connectivity index (χ0n) is 9.78. The molecule has 104 valence electrons. The summed E-state index contributed by atoms with van der Waals surface area (Å²) in [7, 11) is 0. The van der Waals surface area contributed by atoms with Gasteiger partial charge < -0.3 is 21.3 Å². The number of carboxylic acids is 2. The van der Waals surface area contributed by atoms with Gasteiger partial charge in [0.25, 0.3) is 0 Å². The summed E-state index contributed by atoms with van der Waals surface area (Å²) in [6.07, 6.45) is 1.12. The minimum atomic E-state index is -1.26. The Hall–Kier alpha value is -2.19. The number of nitrogens with two attached hydrogens (primary N) is 1. The highest BCUT2D eigenvalue weighted by Crippen LogP contribution is 2.04. The molecule has 0 aromatic carbocycles. The summed E-state index contributed by atoms with van der Waals surface area (Å²) >= 11 is 5.52. The second kappa shape index (κ2) is 9.80. The fourth-order valence-corrected chi connectivity index (χ4v) is 0.854. The summed E-state index contributed by atoms with van der Waals surface area (Å²) in [5.41, 5.74) is 5.27. The minimum Gasteiger partial charge on any atom is -0.478 e. The SMILES string of the molecule is NCCNc1ccc(Cl)nn1.O=C(O)/C=C/C(=O)O. The van der Waals surface area contributed by atoms with Crippen molar-refractivity contribution in [3.05, 3.63) is 29.4 Å². The molecule has 0 atom stereocenters. The average molecular weight is 289 g/mol. The molecule has 0 saturated carbocycles. The van der Waals surface area contributed by atoms with Crippen LogP contribution in [0.3, 0.4) is 0 Å². The Labute approximate surface area is 113 Å². The van der Waals surface area contributed by atoms with Gasteiger partial charge in [0, 0.05) is 25.2 Å². The lowest BCUT2D eigenvalue weighted by Crippen LogP contribution is -2.13. The van der Waals surface area contributed by atoms with Gasteiger partial charge >= 0.3 is 11.9 Å². The summed E-state index contributed by atoms with van der Waals surface area (Å²) in [4.78, 5) is 19.1. The fourth-order valence-electron chi connectivity index (χ4n) is 0.753. The van der Waals surface area contributed by atoms with E-state index in [-0.39, 0.29) is 0 Å². The summed E-state index contributed by atoms with van der Waals surface area (Å²) in [5.74, 6) is -1.82. The largest absolute Gasteiger partial charge is 0.478 e. The Balaban J connectivity index is 0.000000362. The number of halogens is 1. The van der Waals surface area contributed by atoms with Crippen molar-refractivity contribution in [1.82, 2.24) is 10.2 Å². The molecule has 9 heteroatoms. The van der Waals surface area contributed by atoms with Crippen molar-refractivity contribution in [3.63, 3.8) is 0 Å². The summed E-state index contributed by atoms with van der Waals surface area (Å²) in [6.45, 7) is 1.26. The second-order valence-electron chi connectivity index (χ2n) is 2.97. The quantitative estimate of drug-likeness (QED) is 0.564. The van der Waals surface area contributed by atoms with Crippen molar-refractivity contribution in [2.75, 3.05) is 18.4 Å². The lowest BCUT2D eigenvalue weighted by Gasteiger charge is -2.00. The van der Waals surface area contributed by atoms with Gasteiger partial charge in [-0.2, -0.15) is 0 Å². The van der Waals surface area contributed by atoms with E-state index in [4.69, 9.17) is 27.5 Å². The average Bonchev–Trinajstić information content (AvgIpc) is 2.36. The van der Waals surface area contributed by atoms with Gasteiger partial charge in [-0.25, -0.2) is 9.59 Å². The van der Waals surface area contributed by atoms with Crippen molar-refractivity contribution in [1.29, 1.82) is 0 Å².